The Kier molecular flexibility index (Phi) is 5.53. The van der Waals surface area contributed by atoms with E-state index in [4.69, 9.17) is 0 Å². The van der Waals surface area contributed by atoms with Crippen molar-refractivity contribution in [1.82, 2.24) is 9.55 Å². The highest BCUT2D eigenvalue weighted by atomic mass is 14.9. The van der Waals surface area contributed by atoms with E-state index in [-0.39, 0.29) is 0 Å². The van der Waals surface area contributed by atoms with Crippen molar-refractivity contribution in [3.05, 3.63) is 158 Å². The molecule has 2 aromatic heterocycles. The number of aromatic amines is 1. The van der Waals surface area contributed by atoms with E-state index in [1.165, 1.54) is 93.0 Å². The Morgan fingerprint density at radius 1 is 0.404 bits per heavy atom. The van der Waals surface area contributed by atoms with E-state index in [1.54, 1.807) is 0 Å². The van der Waals surface area contributed by atoms with Gasteiger partial charge in [0.25, 0.3) is 0 Å². The van der Waals surface area contributed by atoms with Gasteiger partial charge in [-0.3, -0.25) is 0 Å². The molecule has 2 heterocycles. The summed E-state index contributed by atoms with van der Waals surface area (Å²) in [5.41, 5.74) is 12.3. The number of aryl methyl sites for hydroxylation is 1. The van der Waals surface area contributed by atoms with Crippen LogP contribution in [0.4, 0.5) is 0 Å². The van der Waals surface area contributed by atoms with Crippen LogP contribution in [0.25, 0.3) is 98.5 Å². The van der Waals surface area contributed by atoms with Crippen molar-refractivity contribution in [3.8, 4) is 33.4 Å². The van der Waals surface area contributed by atoms with E-state index in [0.717, 1.165) is 5.52 Å². The molecule has 0 aliphatic heterocycles. The number of hydrogen-bond donors (Lipinski definition) is 1. The summed E-state index contributed by atoms with van der Waals surface area (Å²) < 4.78 is 2.36. The summed E-state index contributed by atoms with van der Waals surface area (Å²) in [6.45, 7) is 0. The maximum Gasteiger partial charge on any atom is 0.0568 e. The molecule has 10 aromatic rings. The van der Waals surface area contributed by atoms with Gasteiger partial charge in [0.15, 0.2) is 0 Å². The minimum atomic E-state index is 1.16. The third-order valence-electron chi connectivity index (χ3n) is 10.2. The first-order valence-corrected chi connectivity index (χ1v) is 16.3. The second kappa shape index (κ2) is 9.94. The number of aromatic nitrogens is 2. The first-order chi connectivity index (χ1) is 23.3. The SMILES string of the molecule is Cn1c2ccccc2c2cccc(-c3cccc4c(-c5ccccc5)c5cccc(-c6cccc7c6[nH]c6ccccc67)c5cc34)c21. The van der Waals surface area contributed by atoms with Gasteiger partial charge in [-0.05, 0) is 62.0 Å². The first-order valence-electron chi connectivity index (χ1n) is 16.3. The van der Waals surface area contributed by atoms with Crippen LogP contribution < -0.4 is 0 Å². The molecule has 8 aromatic carbocycles. The van der Waals surface area contributed by atoms with Gasteiger partial charge >= 0.3 is 0 Å². The van der Waals surface area contributed by atoms with Crippen LogP contribution in [-0.2, 0) is 7.05 Å². The second-order valence-corrected chi connectivity index (χ2v) is 12.6. The molecule has 0 spiro atoms. The van der Waals surface area contributed by atoms with Crippen LogP contribution >= 0.6 is 0 Å². The van der Waals surface area contributed by atoms with Gasteiger partial charge in [0.1, 0.15) is 0 Å². The summed E-state index contributed by atoms with van der Waals surface area (Å²) in [5.74, 6) is 0. The Morgan fingerprint density at radius 3 is 1.72 bits per heavy atom. The van der Waals surface area contributed by atoms with Crippen molar-refractivity contribution in [1.29, 1.82) is 0 Å². The fourth-order valence-electron chi connectivity index (χ4n) is 8.10. The topological polar surface area (TPSA) is 20.7 Å². The Morgan fingerprint density at radius 2 is 0.957 bits per heavy atom. The Bertz CT molecular complexity index is 2850. The van der Waals surface area contributed by atoms with Crippen molar-refractivity contribution in [2.24, 2.45) is 7.05 Å². The third kappa shape index (κ3) is 3.73. The van der Waals surface area contributed by atoms with E-state index >= 15 is 0 Å². The molecule has 0 saturated heterocycles. The number of nitrogens with zero attached hydrogens (tertiary/aromatic N) is 1. The average Bonchev–Trinajstić information content (AvgIpc) is 3.66. The number of hydrogen-bond acceptors (Lipinski definition) is 0. The van der Waals surface area contributed by atoms with E-state index < -0.39 is 0 Å². The Hall–Kier alpha value is -6.12. The second-order valence-electron chi connectivity index (χ2n) is 12.6. The number of benzene rings is 8. The van der Waals surface area contributed by atoms with E-state index in [9.17, 15) is 0 Å². The number of nitrogens with one attached hydrogen (secondary N) is 1. The molecule has 0 unspecified atom stereocenters. The van der Waals surface area contributed by atoms with Gasteiger partial charge in [0.05, 0.1) is 11.0 Å². The van der Waals surface area contributed by atoms with E-state index in [0.29, 0.717) is 0 Å². The van der Waals surface area contributed by atoms with Crippen molar-refractivity contribution in [2.45, 2.75) is 0 Å². The van der Waals surface area contributed by atoms with Crippen molar-refractivity contribution < 1.29 is 0 Å². The van der Waals surface area contributed by atoms with Crippen molar-refractivity contribution >= 4 is 65.2 Å². The van der Waals surface area contributed by atoms with Gasteiger partial charge in [-0.25, -0.2) is 0 Å². The highest BCUT2D eigenvalue weighted by molar-refractivity contribution is 6.22. The molecule has 2 nitrogen and oxygen atoms in total. The van der Waals surface area contributed by atoms with Crippen LogP contribution in [0.3, 0.4) is 0 Å². The molecule has 10 rings (SSSR count). The molecule has 220 valence electrons. The quantitative estimate of drug-likeness (QED) is 0.195. The van der Waals surface area contributed by atoms with Crippen molar-refractivity contribution in [3.63, 3.8) is 0 Å². The van der Waals surface area contributed by atoms with Crippen LogP contribution in [0, 0.1) is 0 Å². The highest BCUT2D eigenvalue weighted by Gasteiger charge is 2.19. The maximum absolute atomic E-state index is 3.77. The smallest absolute Gasteiger partial charge is 0.0568 e. The minimum Gasteiger partial charge on any atom is -0.354 e. The molecule has 0 aliphatic rings. The van der Waals surface area contributed by atoms with E-state index in [1.807, 2.05) is 0 Å². The van der Waals surface area contributed by atoms with Crippen LogP contribution in [0.5, 0.6) is 0 Å². The molecule has 47 heavy (non-hydrogen) atoms. The standard InChI is InChI=1S/C45H30N2/c1-47-42-26-8-6-16-32(42)38-24-12-23-37(45(38)47)30-18-10-20-34-40(30)27-39-29(17-9-19-33(39)43(34)28-13-3-2-4-14-28)35-21-11-22-36-31-15-5-7-25-41(31)46-44(35)36/h2-27,46H,1H3. The molecule has 0 saturated carbocycles. The fourth-order valence-corrected chi connectivity index (χ4v) is 8.10. The van der Waals surface area contributed by atoms with Gasteiger partial charge in [-0.2, -0.15) is 0 Å². The summed E-state index contributed by atoms with van der Waals surface area (Å²) in [5, 5.41) is 10.1. The van der Waals surface area contributed by atoms with Gasteiger partial charge in [-0.15, -0.1) is 0 Å². The molecule has 0 atom stereocenters. The molecule has 0 amide bonds. The maximum atomic E-state index is 3.77. The van der Waals surface area contributed by atoms with Gasteiger partial charge in [0, 0.05) is 50.8 Å². The zero-order chi connectivity index (χ0) is 31.1. The molecular weight excluding hydrogens is 569 g/mol. The lowest BCUT2D eigenvalue weighted by molar-refractivity contribution is 1.02. The zero-order valence-electron chi connectivity index (χ0n) is 26.0. The molecule has 2 heteroatoms. The minimum absolute atomic E-state index is 1.16. The van der Waals surface area contributed by atoms with Crippen LogP contribution in [-0.4, -0.2) is 9.55 Å². The number of para-hydroxylation sites is 4. The monoisotopic (exact) mass is 598 g/mol. The molecule has 1 N–H and O–H groups in total. The van der Waals surface area contributed by atoms with Gasteiger partial charge in [-0.1, -0.05) is 140 Å². The molecular formula is C45H30N2. The Labute approximate surface area is 272 Å². The molecule has 0 fully saturated rings. The number of fused-ring (bicyclic) bond motifs is 8. The molecule has 0 radical (unpaired) electrons. The summed E-state index contributed by atoms with van der Waals surface area (Å²) >= 11 is 0. The van der Waals surface area contributed by atoms with Gasteiger partial charge in [0.2, 0.25) is 0 Å². The Balaban J connectivity index is 1.35. The largest absolute Gasteiger partial charge is 0.354 e. The highest BCUT2D eigenvalue weighted by Crippen LogP contribution is 2.45. The van der Waals surface area contributed by atoms with Crippen molar-refractivity contribution in [2.75, 3.05) is 0 Å². The summed E-state index contributed by atoms with van der Waals surface area (Å²) in [7, 11) is 2.20. The molecule has 0 aliphatic carbocycles. The number of H-pyrrole nitrogens is 1. The lowest BCUT2D eigenvalue weighted by Crippen LogP contribution is -1.93. The lowest BCUT2D eigenvalue weighted by Gasteiger charge is -2.18. The zero-order valence-corrected chi connectivity index (χ0v) is 26.0. The van der Waals surface area contributed by atoms with Crippen LogP contribution in [0.15, 0.2) is 158 Å². The summed E-state index contributed by atoms with van der Waals surface area (Å²) in [6.07, 6.45) is 0. The van der Waals surface area contributed by atoms with E-state index in [2.05, 4.69) is 174 Å². The lowest BCUT2D eigenvalue weighted by atomic mass is 9.86. The average molecular weight is 599 g/mol. The summed E-state index contributed by atoms with van der Waals surface area (Å²) in [6, 6.07) is 57.8. The molecule has 0 bridgehead atoms. The fraction of sp³-hybridized carbons (Fsp3) is 0.0222. The first kappa shape index (κ1) is 26.1. The van der Waals surface area contributed by atoms with Crippen LogP contribution in [0.1, 0.15) is 0 Å². The number of rotatable bonds is 3. The third-order valence-corrected chi connectivity index (χ3v) is 10.2. The van der Waals surface area contributed by atoms with Crippen LogP contribution in [0.2, 0.25) is 0 Å². The van der Waals surface area contributed by atoms with Gasteiger partial charge < -0.3 is 9.55 Å². The normalized spacial score (nSPS) is 11.9. The predicted octanol–water partition coefficient (Wildman–Crippen LogP) is 12.3. The summed E-state index contributed by atoms with van der Waals surface area (Å²) in [4.78, 5) is 3.77. The predicted molar refractivity (Wildman–Crippen MR) is 201 cm³/mol.